The first kappa shape index (κ1) is 18.5. The van der Waals surface area contributed by atoms with Crippen molar-refractivity contribution in [2.45, 2.75) is 12.8 Å². The molecule has 1 heterocycles. The zero-order valence-corrected chi connectivity index (χ0v) is 16.1. The summed E-state index contributed by atoms with van der Waals surface area (Å²) in [5.41, 5.74) is 3.12. The minimum Gasteiger partial charge on any atom is -0.369 e. The Labute approximate surface area is 165 Å². The summed E-state index contributed by atoms with van der Waals surface area (Å²) >= 11 is 0. The van der Waals surface area contributed by atoms with Crippen LogP contribution in [0.2, 0.25) is 0 Å². The van der Waals surface area contributed by atoms with Gasteiger partial charge in [0.1, 0.15) is 0 Å². The summed E-state index contributed by atoms with van der Waals surface area (Å²) in [6.45, 7) is 4.15. The molecule has 6 heteroatoms. The monoisotopic (exact) mass is 378 g/mol. The number of carbonyl (C=O) groups excluding carboxylic acids is 2. The number of likely N-dealkylation sites (N-methyl/N-ethyl adjacent to an activating group) is 1. The highest BCUT2D eigenvalue weighted by molar-refractivity contribution is 6.05. The van der Waals surface area contributed by atoms with Crippen molar-refractivity contribution in [3.8, 4) is 0 Å². The van der Waals surface area contributed by atoms with Crippen LogP contribution in [0, 0.1) is 5.92 Å². The minimum atomic E-state index is -0.185. The molecule has 2 aromatic carbocycles. The number of nitrogens with zero attached hydrogens (tertiary/aromatic N) is 2. The van der Waals surface area contributed by atoms with Crippen LogP contribution in [0.4, 0.5) is 17.1 Å². The topological polar surface area (TPSA) is 64.7 Å². The second-order valence-corrected chi connectivity index (χ2v) is 7.64. The number of hydrogen-bond acceptors (Lipinski definition) is 4. The molecular weight excluding hydrogens is 352 g/mol. The zero-order chi connectivity index (χ0) is 19.5. The summed E-state index contributed by atoms with van der Waals surface area (Å²) in [4.78, 5) is 29.2. The van der Waals surface area contributed by atoms with Gasteiger partial charge in [-0.3, -0.25) is 9.59 Å². The Morgan fingerprint density at radius 1 is 0.893 bits per heavy atom. The van der Waals surface area contributed by atoms with E-state index >= 15 is 0 Å². The van der Waals surface area contributed by atoms with E-state index in [1.165, 1.54) is 5.69 Å². The Morgan fingerprint density at radius 3 is 2.29 bits per heavy atom. The van der Waals surface area contributed by atoms with Gasteiger partial charge in [0.15, 0.2) is 0 Å². The van der Waals surface area contributed by atoms with Crippen LogP contribution in [0.25, 0.3) is 0 Å². The molecule has 1 aliphatic heterocycles. The largest absolute Gasteiger partial charge is 0.369 e. The Balaban J connectivity index is 1.37. The maximum absolute atomic E-state index is 12.6. The first-order valence-corrected chi connectivity index (χ1v) is 9.84. The van der Waals surface area contributed by atoms with Crippen LogP contribution in [0.15, 0.2) is 48.5 Å². The van der Waals surface area contributed by atoms with E-state index < -0.39 is 0 Å². The van der Waals surface area contributed by atoms with Crippen LogP contribution in [-0.4, -0.2) is 49.9 Å². The second kappa shape index (κ2) is 8.02. The lowest BCUT2D eigenvalue weighted by Crippen LogP contribution is -2.44. The van der Waals surface area contributed by atoms with Crippen molar-refractivity contribution in [3.63, 3.8) is 0 Å². The van der Waals surface area contributed by atoms with Crippen LogP contribution >= 0.6 is 0 Å². The average molecular weight is 378 g/mol. The molecule has 1 saturated heterocycles. The van der Waals surface area contributed by atoms with Crippen molar-refractivity contribution in [2.75, 3.05) is 48.8 Å². The predicted molar refractivity (Wildman–Crippen MR) is 112 cm³/mol. The number of carbonyl (C=O) groups is 2. The van der Waals surface area contributed by atoms with Gasteiger partial charge in [0.05, 0.1) is 0 Å². The second-order valence-electron chi connectivity index (χ2n) is 7.64. The molecule has 0 unspecified atom stereocenters. The first-order valence-electron chi connectivity index (χ1n) is 9.84. The SMILES string of the molecule is CN1CCN(c2ccc(NC(=O)c3cccc(NC(=O)C4CC4)c3)cc2)CC1. The lowest BCUT2D eigenvalue weighted by molar-refractivity contribution is -0.117. The number of amides is 2. The lowest BCUT2D eigenvalue weighted by atomic mass is 10.1. The standard InChI is InChI=1S/C22H26N4O2/c1-25-11-13-26(14-12-25)20-9-7-18(8-10-20)23-22(28)17-3-2-4-19(15-17)24-21(27)16-5-6-16/h2-4,7-10,15-16H,5-6,11-14H2,1H3,(H,23,28)(H,24,27). The highest BCUT2D eigenvalue weighted by Gasteiger charge is 2.29. The third-order valence-electron chi connectivity index (χ3n) is 5.33. The third-order valence-corrected chi connectivity index (χ3v) is 5.33. The number of piperazine rings is 1. The molecule has 2 fully saturated rings. The lowest BCUT2D eigenvalue weighted by Gasteiger charge is -2.34. The van der Waals surface area contributed by atoms with Gasteiger partial charge in [0.25, 0.3) is 5.91 Å². The van der Waals surface area contributed by atoms with E-state index in [2.05, 4.69) is 27.5 Å². The summed E-state index contributed by atoms with van der Waals surface area (Å²) in [5.74, 6) is -0.0109. The molecule has 1 aliphatic carbocycles. The molecule has 6 nitrogen and oxygen atoms in total. The molecule has 2 amide bonds. The molecule has 0 aromatic heterocycles. The first-order chi connectivity index (χ1) is 13.6. The van der Waals surface area contributed by atoms with Gasteiger partial charge in [-0.15, -0.1) is 0 Å². The number of anilines is 3. The summed E-state index contributed by atoms with van der Waals surface area (Å²) in [6, 6.07) is 15.0. The zero-order valence-electron chi connectivity index (χ0n) is 16.1. The summed E-state index contributed by atoms with van der Waals surface area (Å²) < 4.78 is 0. The van der Waals surface area contributed by atoms with E-state index in [1.54, 1.807) is 18.2 Å². The molecule has 1 saturated carbocycles. The van der Waals surface area contributed by atoms with Gasteiger partial charge in [-0.05, 0) is 62.4 Å². The molecule has 2 aliphatic rings. The van der Waals surface area contributed by atoms with E-state index in [0.29, 0.717) is 11.3 Å². The maximum Gasteiger partial charge on any atom is 0.255 e. The van der Waals surface area contributed by atoms with Gasteiger partial charge in [0.2, 0.25) is 5.91 Å². The van der Waals surface area contributed by atoms with Crippen molar-refractivity contribution in [2.24, 2.45) is 5.92 Å². The summed E-state index contributed by atoms with van der Waals surface area (Å²) in [6.07, 6.45) is 1.91. The Kier molecular flexibility index (Phi) is 5.30. The number of hydrogen-bond donors (Lipinski definition) is 2. The Hall–Kier alpha value is -2.86. The van der Waals surface area contributed by atoms with Gasteiger partial charge in [-0.2, -0.15) is 0 Å². The highest BCUT2D eigenvalue weighted by Crippen LogP contribution is 2.30. The average Bonchev–Trinajstić information content (AvgIpc) is 3.55. The van der Waals surface area contributed by atoms with Gasteiger partial charge in [-0.1, -0.05) is 6.07 Å². The fourth-order valence-electron chi connectivity index (χ4n) is 3.35. The highest BCUT2D eigenvalue weighted by atomic mass is 16.2. The fraction of sp³-hybridized carbons (Fsp3) is 0.364. The summed E-state index contributed by atoms with van der Waals surface area (Å²) in [5, 5.41) is 5.81. The van der Waals surface area contributed by atoms with Crippen molar-refractivity contribution in [1.82, 2.24) is 4.90 Å². The number of benzene rings is 2. The quantitative estimate of drug-likeness (QED) is 0.839. The molecule has 0 radical (unpaired) electrons. The molecule has 146 valence electrons. The Morgan fingerprint density at radius 2 is 1.61 bits per heavy atom. The summed E-state index contributed by atoms with van der Waals surface area (Å²) in [7, 11) is 2.14. The van der Waals surface area contributed by atoms with Gasteiger partial charge < -0.3 is 20.4 Å². The molecule has 28 heavy (non-hydrogen) atoms. The smallest absolute Gasteiger partial charge is 0.255 e. The number of rotatable bonds is 5. The third kappa shape index (κ3) is 4.51. The van der Waals surface area contributed by atoms with Crippen LogP contribution < -0.4 is 15.5 Å². The van der Waals surface area contributed by atoms with Crippen LogP contribution in [0.1, 0.15) is 23.2 Å². The Bertz CT molecular complexity index is 853. The van der Waals surface area contributed by atoms with Gasteiger partial charge >= 0.3 is 0 Å². The normalized spacial score (nSPS) is 17.2. The molecule has 2 N–H and O–H groups in total. The molecule has 0 spiro atoms. The van der Waals surface area contributed by atoms with Crippen LogP contribution in [-0.2, 0) is 4.79 Å². The molecular formula is C22H26N4O2. The van der Waals surface area contributed by atoms with Crippen molar-refractivity contribution < 1.29 is 9.59 Å². The van der Waals surface area contributed by atoms with Crippen molar-refractivity contribution in [3.05, 3.63) is 54.1 Å². The van der Waals surface area contributed by atoms with E-state index in [-0.39, 0.29) is 17.7 Å². The predicted octanol–water partition coefficient (Wildman–Crippen LogP) is 3.04. The van der Waals surface area contributed by atoms with Gasteiger partial charge in [0, 0.05) is 54.7 Å². The molecule has 2 aromatic rings. The van der Waals surface area contributed by atoms with Gasteiger partial charge in [-0.25, -0.2) is 0 Å². The van der Waals surface area contributed by atoms with Crippen molar-refractivity contribution in [1.29, 1.82) is 0 Å². The molecule has 0 bridgehead atoms. The van der Waals surface area contributed by atoms with Crippen LogP contribution in [0.3, 0.4) is 0 Å². The van der Waals surface area contributed by atoms with E-state index in [1.807, 2.05) is 30.3 Å². The van der Waals surface area contributed by atoms with E-state index in [4.69, 9.17) is 0 Å². The minimum absolute atomic E-state index is 0.0389. The van der Waals surface area contributed by atoms with E-state index in [9.17, 15) is 9.59 Å². The van der Waals surface area contributed by atoms with Crippen molar-refractivity contribution >= 4 is 28.9 Å². The fourth-order valence-corrected chi connectivity index (χ4v) is 3.35. The molecule has 0 atom stereocenters. The molecule has 4 rings (SSSR count). The van der Waals surface area contributed by atoms with Crippen LogP contribution in [0.5, 0.6) is 0 Å². The van der Waals surface area contributed by atoms with E-state index in [0.717, 1.165) is 44.7 Å². The maximum atomic E-state index is 12.6. The number of nitrogens with one attached hydrogen (secondary N) is 2.